The Hall–Kier alpha value is -0.950. The highest BCUT2D eigenvalue weighted by atomic mass is 16.4. The molecule has 0 bridgehead atoms. The molecule has 5 rings (SSSR count). The summed E-state index contributed by atoms with van der Waals surface area (Å²) in [6.45, 7) is 14.8. The number of aliphatic hydroxyl groups excluding tert-OH is 4. The molecular weight excluding hydrogens is 456 g/mol. The molecule has 0 saturated heterocycles. The Labute approximate surface area is 216 Å². The van der Waals surface area contributed by atoms with Crippen molar-refractivity contribution >= 4 is 5.97 Å². The average Bonchev–Trinajstić information content (AvgIpc) is 2.74. The summed E-state index contributed by atoms with van der Waals surface area (Å²) in [4.78, 5) is 12.8. The van der Waals surface area contributed by atoms with Crippen LogP contribution in [0.3, 0.4) is 0 Å². The summed E-state index contributed by atoms with van der Waals surface area (Å²) in [5.74, 6) is -1.21. The van der Waals surface area contributed by atoms with E-state index in [4.69, 9.17) is 0 Å². The second-order valence-corrected chi connectivity index (χ2v) is 15.4. The molecule has 0 aromatic heterocycles. The maximum Gasteiger partial charge on any atom is 0.310 e. The van der Waals surface area contributed by atoms with Crippen LogP contribution in [0.15, 0.2) is 11.6 Å². The third-order valence-electron chi connectivity index (χ3n) is 13.1. The van der Waals surface area contributed by atoms with E-state index in [9.17, 15) is 30.3 Å². The summed E-state index contributed by atoms with van der Waals surface area (Å²) in [5, 5.41) is 55.8. The molecule has 36 heavy (non-hydrogen) atoms. The molecule has 0 aromatic carbocycles. The lowest BCUT2D eigenvalue weighted by molar-refractivity contribution is -0.264. The van der Waals surface area contributed by atoms with Crippen molar-refractivity contribution < 1.29 is 30.3 Å². The summed E-state index contributed by atoms with van der Waals surface area (Å²) in [6, 6.07) is 0. The Morgan fingerprint density at radius 1 is 0.833 bits per heavy atom. The number of allylic oxidation sites excluding steroid dienone is 1. The van der Waals surface area contributed by atoms with Gasteiger partial charge in [-0.05, 0) is 83.9 Å². The van der Waals surface area contributed by atoms with Gasteiger partial charge in [0, 0.05) is 5.92 Å². The number of carboxylic acid groups (broad SMARTS) is 1. The molecular formula is C30H48O6. The van der Waals surface area contributed by atoms with Gasteiger partial charge in [-0.15, -0.1) is 0 Å². The van der Waals surface area contributed by atoms with Crippen molar-refractivity contribution in [2.24, 2.45) is 50.2 Å². The van der Waals surface area contributed by atoms with E-state index in [1.807, 2.05) is 13.8 Å². The fourth-order valence-corrected chi connectivity index (χ4v) is 10.9. The summed E-state index contributed by atoms with van der Waals surface area (Å²) in [7, 11) is 0. The smallest absolute Gasteiger partial charge is 0.310 e. The van der Waals surface area contributed by atoms with Crippen molar-refractivity contribution in [3.05, 3.63) is 11.6 Å². The van der Waals surface area contributed by atoms with Gasteiger partial charge in [0.1, 0.15) is 0 Å². The van der Waals surface area contributed by atoms with Crippen molar-refractivity contribution in [3.63, 3.8) is 0 Å². The van der Waals surface area contributed by atoms with Crippen LogP contribution in [0.4, 0.5) is 0 Å². The van der Waals surface area contributed by atoms with Gasteiger partial charge >= 0.3 is 5.97 Å². The van der Waals surface area contributed by atoms with Crippen molar-refractivity contribution in [3.8, 4) is 0 Å². The fraction of sp³-hybridized carbons (Fsp3) is 0.900. The molecule has 0 spiro atoms. The summed E-state index contributed by atoms with van der Waals surface area (Å²) in [6.07, 6.45) is 3.40. The minimum absolute atomic E-state index is 0.152. The number of carbonyl (C=O) groups is 1. The molecule has 0 amide bonds. The molecule has 6 nitrogen and oxygen atoms in total. The molecule has 5 N–H and O–H groups in total. The molecule has 0 heterocycles. The Bertz CT molecular complexity index is 986. The summed E-state index contributed by atoms with van der Waals surface area (Å²) in [5.41, 5.74) is -1.94. The Morgan fingerprint density at radius 2 is 1.44 bits per heavy atom. The molecule has 11 atom stereocenters. The van der Waals surface area contributed by atoms with Crippen LogP contribution in [-0.2, 0) is 4.79 Å². The van der Waals surface area contributed by atoms with Crippen molar-refractivity contribution in [2.45, 2.75) is 118 Å². The van der Waals surface area contributed by atoms with Crippen LogP contribution < -0.4 is 0 Å². The first-order chi connectivity index (χ1) is 16.4. The van der Waals surface area contributed by atoms with Gasteiger partial charge in [-0.2, -0.15) is 0 Å². The molecule has 6 heteroatoms. The van der Waals surface area contributed by atoms with Gasteiger partial charge in [0.2, 0.25) is 0 Å². The molecule has 204 valence electrons. The number of aliphatic carboxylic acids is 1. The van der Waals surface area contributed by atoms with E-state index in [0.717, 1.165) is 12.0 Å². The molecule has 4 saturated carbocycles. The van der Waals surface area contributed by atoms with Crippen LogP contribution in [-0.4, -0.2) is 55.9 Å². The predicted octanol–water partition coefficient (Wildman–Crippen LogP) is 4.15. The zero-order valence-electron chi connectivity index (χ0n) is 23.2. The highest BCUT2D eigenvalue weighted by molar-refractivity contribution is 5.77. The van der Waals surface area contributed by atoms with Crippen molar-refractivity contribution in [1.29, 1.82) is 0 Å². The summed E-state index contributed by atoms with van der Waals surface area (Å²) >= 11 is 0. The highest BCUT2D eigenvalue weighted by Gasteiger charge is 2.72. The van der Waals surface area contributed by atoms with E-state index in [1.165, 1.54) is 0 Å². The van der Waals surface area contributed by atoms with Crippen LogP contribution in [0.5, 0.6) is 0 Å². The van der Waals surface area contributed by atoms with Crippen molar-refractivity contribution in [2.75, 3.05) is 0 Å². The van der Waals surface area contributed by atoms with Crippen LogP contribution in [0.1, 0.15) is 93.4 Å². The molecule has 5 aliphatic carbocycles. The van der Waals surface area contributed by atoms with Gasteiger partial charge in [-0.25, -0.2) is 0 Å². The zero-order valence-corrected chi connectivity index (χ0v) is 23.2. The Morgan fingerprint density at radius 3 is 2.06 bits per heavy atom. The fourth-order valence-electron chi connectivity index (χ4n) is 10.9. The third kappa shape index (κ3) is 2.96. The monoisotopic (exact) mass is 504 g/mol. The SMILES string of the molecule is CC1(C)CCC2(C(=O)O)CCC3(C)C(=CCC4C5(C)CC(O)C(O)C(C)(C)C5C(O)CC43C)C2C1O. The second kappa shape index (κ2) is 7.58. The van der Waals surface area contributed by atoms with Gasteiger partial charge in [-0.3, -0.25) is 4.79 Å². The number of carboxylic acids is 1. The van der Waals surface area contributed by atoms with E-state index >= 15 is 0 Å². The Kier molecular flexibility index (Phi) is 5.61. The van der Waals surface area contributed by atoms with E-state index < -0.39 is 47.1 Å². The van der Waals surface area contributed by atoms with Gasteiger partial charge < -0.3 is 25.5 Å². The number of hydrogen-bond acceptors (Lipinski definition) is 5. The van der Waals surface area contributed by atoms with Crippen molar-refractivity contribution in [1.82, 2.24) is 0 Å². The average molecular weight is 505 g/mol. The van der Waals surface area contributed by atoms with Gasteiger partial charge in [-0.1, -0.05) is 60.1 Å². The normalized spacial score (nSPS) is 55.3. The van der Waals surface area contributed by atoms with Gasteiger partial charge in [0.15, 0.2) is 0 Å². The number of hydrogen-bond donors (Lipinski definition) is 5. The number of fused-ring (bicyclic) bond motifs is 7. The minimum Gasteiger partial charge on any atom is -0.481 e. The van der Waals surface area contributed by atoms with Crippen LogP contribution >= 0.6 is 0 Å². The second-order valence-electron chi connectivity index (χ2n) is 15.4. The highest BCUT2D eigenvalue weighted by Crippen LogP contribution is 2.75. The first-order valence-corrected chi connectivity index (χ1v) is 14.1. The van der Waals surface area contributed by atoms with E-state index in [0.29, 0.717) is 38.5 Å². The first kappa shape index (κ1) is 26.6. The lowest BCUT2D eigenvalue weighted by atomic mass is 9.32. The lowest BCUT2D eigenvalue weighted by Crippen LogP contribution is -2.71. The van der Waals surface area contributed by atoms with Crippen LogP contribution in [0.25, 0.3) is 0 Å². The lowest BCUT2D eigenvalue weighted by Gasteiger charge is -2.72. The molecule has 4 fully saturated rings. The molecule has 0 aliphatic heterocycles. The standard InChI is InChI=1S/C30H48O6/c1-25(2)10-12-30(24(35)36)13-11-28(6)16(20(30)23(25)34)8-9-19-27(5)14-18(32)22(33)26(3,4)21(27)17(31)15-29(19,28)7/h8,17-23,31-34H,9-15H2,1-7H3,(H,35,36). The topological polar surface area (TPSA) is 118 Å². The minimum atomic E-state index is -0.948. The molecule has 11 unspecified atom stereocenters. The third-order valence-corrected chi connectivity index (χ3v) is 13.1. The van der Waals surface area contributed by atoms with Crippen LogP contribution in [0.2, 0.25) is 0 Å². The van der Waals surface area contributed by atoms with E-state index in [1.54, 1.807) is 0 Å². The zero-order chi connectivity index (χ0) is 26.9. The Balaban J connectivity index is 1.66. The molecule has 0 aromatic rings. The summed E-state index contributed by atoms with van der Waals surface area (Å²) < 4.78 is 0. The van der Waals surface area contributed by atoms with Crippen LogP contribution in [0, 0.1) is 50.2 Å². The molecule has 0 radical (unpaired) electrons. The number of aliphatic hydroxyl groups is 4. The maximum absolute atomic E-state index is 12.8. The maximum atomic E-state index is 12.8. The molecule has 5 aliphatic rings. The predicted molar refractivity (Wildman–Crippen MR) is 137 cm³/mol. The van der Waals surface area contributed by atoms with E-state index in [2.05, 4.69) is 40.7 Å². The quantitative estimate of drug-likeness (QED) is 0.343. The largest absolute Gasteiger partial charge is 0.481 e. The first-order valence-electron chi connectivity index (χ1n) is 14.1. The van der Waals surface area contributed by atoms with Gasteiger partial charge in [0.05, 0.1) is 29.8 Å². The number of rotatable bonds is 1. The van der Waals surface area contributed by atoms with Gasteiger partial charge in [0.25, 0.3) is 0 Å². The van der Waals surface area contributed by atoms with E-state index in [-0.39, 0.29) is 33.5 Å².